The number of sulfonamides is 1. The van der Waals surface area contributed by atoms with Crippen molar-refractivity contribution in [3.8, 4) is 5.75 Å². The van der Waals surface area contributed by atoms with E-state index in [9.17, 15) is 18.0 Å². The van der Waals surface area contributed by atoms with Gasteiger partial charge in [-0.25, -0.2) is 8.42 Å². The van der Waals surface area contributed by atoms with Gasteiger partial charge in [0.25, 0.3) is 10.0 Å². The second kappa shape index (κ2) is 13.6. The molecule has 0 saturated carbocycles. The van der Waals surface area contributed by atoms with E-state index in [-0.39, 0.29) is 28.2 Å². The van der Waals surface area contributed by atoms with Crippen LogP contribution in [0.5, 0.6) is 5.75 Å². The summed E-state index contributed by atoms with van der Waals surface area (Å²) in [5.74, 6) is -0.743. The van der Waals surface area contributed by atoms with Crippen molar-refractivity contribution in [1.29, 1.82) is 0 Å². The molecule has 0 aliphatic rings. The minimum atomic E-state index is -4.24. The van der Waals surface area contributed by atoms with E-state index in [1.54, 1.807) is 57.2 Å². The van der Waals surface area contributed by atoms with Crippen LogP contribution in [0, 0.1) is 0 Å². The number of methoxy groups -OCH3 is 1. The van der Waals surface area contributed by atoms with E-state index in [0.717, 1.165) is 4.31 Å². The largest absolute Gasteiger partial charge is 0.495 e. The molecule has 0 bridgehead atoms. The van der Waals surface area contributed by atoms with Gasteiger partial charge in [-0.15, -0.1) is 0 Å². The lowest BCUT2D eigenvalue weighted by Crippen LogP contribution is -2.52. The average Bonchev–Trinajstić information content (AvgIpc) is 2.91. The smallest absolute Gasteiger partial charge is 0.264 e. The van der Waals surface area contributed by atoms with Gasteiger partial charge in [-0.05, 0) is 63.2 Å². The Morgan fingerprint density at radius 3 is 2.08 bits per heavy atom. The summed E-state index contributed by atoms with van der Waals surface area (Å²) in [5.41, 5.74) is 0.561. The molecule has 214 valence electrons. The van der Waals surface area contributed by atoms with Gasteiger partial charge >= 0.3 is 0 Å². The molecule has 3 aromatic rings. The number of rotatable bonds is 11. The summed E-state index contributed by atoms with van der Waals surface area (Å²) >= 11 is 19.1. The third kappa shape index (κ3) is 7.40. The quantitative estimate of drug-likeness (QED) is 0.291. The number of benzene rings is 3. The first-order chi connectivity index (χ1) is 18.9. The van der Waals surface area contributed by atoms with Crippen LogP contribution in [0.3, 0.4) is 0 Å². The van der Waals surface area contributed by atoms with Crippen molar-refractivity contribution in [2.75, 3.05) is 18.0 Å². The van der Waals surface area contributed by atoms with Crippen molar-refractivity contribution < 1.29 is 22.7 Å². The maximum absolute atomic E-state index is 14.0. The van der Waals surface area contributed by atoms with E-state index in [1.807, 2.05) is 0 Å². The van der Waals surface area contributed by atoms with Crippen LogP contribution in [0.25, 0.3) is 0 Å². The van der Waals surface area contributed by atoms with Crippen molar-refractivity contribution in [1.82, 2.24) is 10.2 Å². The van der Waals surface area contributed by atoms with Crippen LogP contribution in [-0.2, 0) is 26.2 Å². The molecule has 0 radical (unpaired) electrons. The van der Waals surface area contributed by atoms with Crippen LogP contribution in [0.1, 0.15) is 26.3 Å². The van der Waals surface area contributed by atoms with Crippen molar-refractivity contribution in [3.63, 3.8) is 0 Å². The molecule has 3 aromatic carbocycles. The third-order valence-electron chi connectivity index (χ3n) is 6.02. The zero-order chi connectivity index (χ0) is 29.6. The Bertz CT molecular complexity index is 1450. The van der Waals surface area contributed by atoms with Crippen LogP contribution < -0.4 is 14.4 Å². The Kier molecular flexibility index (Phi) is 10.7. The van der Waals surface area contributed by atoms with E-state index in [2.05, 4.69) is 5.32 Å². The molecule has 0 aliphatic heterocycles. The highest BCUT2D eigenvalue weighted by molar-refractivity contribution is 7.92. The van der Waals surface area contributed by atoms with E-state index in [0.29, 0.717) is 21.4 Å². The molecular formula is C28H30Cl3N3O5S. The van der Waals surface area contributed by atoms with Gasteiger partial charge in [0.2, 0.25) is 11.8 Å². The number of nitrogens with one attached hydrogen (secondary N) is 1. The van der Waals surface area contributed by atoms with E-state index in [1.165, 1.54) is 42.3 Å². The number of hydrogen-bond acceptors (Lipinski definition) is 5. The van der Waals surface area contributed by atoms with Crippen molar-refractivity contribution >= 4 is 62.3 Å². The average molecular weight is 627 g/mol. The highest BCUT2D eigenvalue weighted by Crippen LogP contribution is 2.32. The Morgan fingerprint density at radius 1 is 0.900 bits per heavy atom. The molecule has 1 unspecified atom stereocenters. The van der Waals surface area contributed by atoms with Crippen LogP contribution in [0.15, 0.2) is 71.6 Å². The van der Waals surface area contributed by atoms with Gasteiger partial charge in [0.1, 0.15) is 18.3 Å². The molecule has 0 aromatic heterocycles. The Hall–Kier alpha value is -2.98. The number of hydrogen-bond donors (Lipinski definition) is 1. The molecular weight excluding hydrogens is 597 g/mol. The summed E-state index contributed by atoms with van der Waals surface area (Å²) in [7, 11) is -2.80. The molecule has 3 rings (SSSR count). The number of ether oxygens (including phenoxy) is 1. The van der Waals surface area contributed by atoms with E-state index in [4.69, 9.17) is 39.5 Å². The maximum atomic E-state index is 14.0. The predicted octanol–water partition coefficient (Wildman–Crippen LogP) is 5.79. The number of carbonyl (C=O) groups excluding carboxylic acids is 2. The molecule has 0 spiro atoms. The number of nitrogens with zero attached hydrogens (tertiary/aromatic N) is 2. The summed E-state index contributed by atoms with van der Waals surface area (Å²) in [5, 5.41) is 3.56. The molecule has 1 N–H and O–H groups in total. The molecule has 0 saturated heterocycles. The minimum absolute atomic E-state index is 0.0268. The van der Waals surface area contributed by atoms with E-state index >= 15 is 0 Å². The van der Waals surface area contributed by atoms with Crippen molar-refractivity contribution in [2.24, 2.45) is 0 Å². The van der Waals surface area contributed by atoms with Gasteiger partial charge in [-0.1, -0.05) is 59.1 Å². The zero-order valence-corrected chi connectivity index (χ0v) is 25.5. The van der Waals surface area contributed by atoms with Gasteiger partial charge in [-0.3, -0.25) is 13.9 Å². The predicted molar refractivity (Wildman–Crippen MR) is 159 cm³/mol. The third-order valence-corrected chi connectivity index (χ3v) is 8.81. The zero-order valence-electron chi connectivity index (χ0n) is 22.4. The lowest BCUT2D eigenvalue weighted by Gasteiger charge is -2.32. The molecule has 40 heavy (non-hydrogen) atoms. The first kappa shape index (κ1) is 31.5. The highest BCUT2D eigenvalue weighted by atomic mass is 35.5. The van der Waals surface area contributed by atoms with Gasteiger partial charge in [0.15, 0.2) is 0 Å². The maximum Gasteiger partial charge on any atom is 0.264 e. The summed E-state index contributed by atoms with van der Waals surface area (Å²) < 4.78 is 33.8. The van der Waals surface area contributed by atoms with Crippen LogP contribution in [0.4, 0.5) is 5.69 Å². The van der Waals surface area contributed by atoms with Crippen LogP contribution in [-0.4, -0.2) is 50.9 Å². The lowest BCUT2D eigenvalue weighted by atomic mass is 10.1. The Labute approximate surface area is 249 Å². The second-order valence-corrected chi connectivity index (χ2v) is 12.3. The lowest BCUT2D eigenvalue weighted by molar-refractivity contribution is -0.139. The minimum Gasteiger partial charge on any atom is -0.495 e. The molecule has 1 atom stereocenters. The topological polar surface area (TPSA) is 96.0 Å². The van der Waals surface area contributed by atoms with Gasteiger partial charge < -0.3 is 15.0 Å². The van der Waals surface area contributed by atoms with Gasteiger partial charge in [0.05, 0.1) is 22.7 Å². The summed E-state index contributed by atoms with van der Waals surface area (Å²) in [6.07, 6.45) is 0. The summed E-state index contributed by atoms with van der Waals surface area (Å²) in [6, 6.07) is 15.8. The Balaban J connectivity index is 2.09. The van der Waals surface area contributed by atoms with Crippen molar-refractivity contribution in [3.05, 3.63) is 87.4 Å². The Morgan fingerprint density at radius 2 is 1.52 bits per heavy atom. The molecule has 0 heterocycles. The molecule has 8 nitrogen and oxygen atoms in total. The first-order valence-corrected chi connectivity index (χ1v) is 14.9. The van der Waals surface area contributed by atoms with Gasteiger partial charge in [-0.2, -0.15) is 0 Å². The number of carbonyl (C=O) groups is 2. The number of amides is 2. The molecule has 0 fully saturated rings. The fraction of sp³-hybridized carbons (Fsp3) is 0.286. The summed E-state index contributed by atoms with van der Waals surface area (Å²) in [6.45, 7) is 4.38. The van der Waals surface area contributed by atoms with E-state index < -0.39 is 34.4 Å². The fourth-order valence-electron chi connectivity index (χ4n) is 3.90. The second-order valence-electron chi connectivity index (χ2n) is 9.20. The fourth-order valence-corrected chi connectivity index (χ4v) is 6.10. The highest BCUT2D eigenvalue weighted by Gasteiger charge is 2.33. The van der Waals surface area contributed by atoms with Gasteiger partial charge in [0, 0.05) is 28.2 Å². The SMILES string of the molecule is COc1ccc(N(CC(=O)N(Cc2c(Cl)cccc2Cl)C(C)C(=O)NC(C)C)S(=O)(=O)c2ccccc2)cc1Cl. The monoisotopic (exact) mass is 625 g/mol. The normalized spacial score (nSPS) is 12.1. The number of anilines is 1. The molecule has 2 amide bonds. The summed E-state index contributed by atoms with van der Waals surface area (Å²) in [4.78, 5) is 28.2. The number of halogens is 3. The van der Waals surface area contributed by atoms with Crippen molar-refractivity contribution in [2.45, 2.75) is 44.3 Å². The standard InChI is InChI=1S/C28H30Cl3N3O5S/c1-18(2)32-28(36)19(3)33(16-22-23(29)11-8-12-24(22)30)27(35)17-34(20-13-14-26(39-4)25(31)15-20)40(37,38)21-9-6-5-7-10-21/h5-15,18-19H,16-17H2,1-4H3,(H,32,36). The first-order valence-electron chi connectivity index (χ1n) is 12.3. The van der Waals surface area contributed by atoms with Crippen LogP contribution >= 0.6 is 34.8 Å². The van der Waals surface area contributed by atoms with Crippen LogP contribution in [0.2, 0.25) is 15.1 Å². The molecule has 12 heteroatoms. The molecule has 0 aliphatic carbocycles.